The molecule has 0 fully saturated rings. The van der Waals surface area contributed by atoms with Crippen molar-refractivity contribution in [2.45, 2.75) is 474 Å². The van der Waals surface area contributed by atoms with Crippen LogP contribution in [0, 0.1) is 71.0 Å². The molecule has 0 saturated carbocycles. The van der Waals surface area contributed by atoms with E-state index < -0.39 is 34.2 Å². The Balaban J connectivity index is -0.000000224. The van der Waals surface area contributed by atoms with Gasteiger partial charge in [0.05, 0.1) is 39.6 Å². The van der Waals surface area contributed by atoms with Crippen LogP contribution in [0.15, 0.2) is 0 Å². The number of hydrogen-bond donors (Lipinski definition) is 0. The summed E-state index contributed by atoms with van der Waals surface area (Å²) in [6.07, 6.45) is 56.7. The van der Waals surface area contributed by atoms with Gasteiger partial charge in [0.25, 0.3) is 0 Å². The summed E-state index contributed by atoms with van der Waals surface area (Å²) in [6.45, 7) is 57.2. The molecule has 0 bridgehead atoms. The topological polar surface area (TPSA) is 222 Å². The molecule has 32 heteroatoms. The molecule has 13 nitrogen and oxygen atoms in total. The summed E-state index contributed by atoms with van der Waals surface area (Å²) < 4.78 is 32.5. The van der Waals surface area contributed by atoms with Crippen LogP contribution in [-0.2, 0) is 125 Å². The van der Waals surface area contributed by atoms with Crippen molar-refractivity contribution in [3.63, 3.8) is 0 Å². The van der Waals surface area contributed by atoms with Gasteiger partial charge in [0.1, 0.15) is 0 Å². The zero-order chi connectivity index (χ0) is 96.8. The molecule has 0 aromatic carbocycles. The fourth-order valence-corrected chi connectivity index (χ4v) is 32.6. The summed E-state index contributed by atoms with van der Waals surface area (Å²) in [7, 11) is 0. The van der Waals surface area contributed by atoms with Crippen LogP contribution in [0.4, 0.5) is 0 Å². The third-order valence-electron chi connectivity index (χ3n) is 20.1. The first-order chi connectivity index (χ1) is 59.0. The predicted octanol–water partition coefficient (Wildman–Crippen LogP) is 34.4. The second kappa shape index (κ2) is 103. The molecule has 0 aliphatic rings. The Kier molecular flexibility index (Phi) is 120. The molecule has 128 heavy (non-hydrogen) atoms. The smallest absolute Gasteiger partial charge is 0.793 e. The van der Waals surface area contributed by atoms with Crippen LogP contribution in [0.25, 0.3) is 0 Å². The zero-order valence-corrected chi connectivity index (χ0v) is 104. The standard InChI is InChI=1S/6C16H35O2PS2.Mo.O/c6*1-15(2)11-7-5-9-13-18-19(17,20)21-14-10-6-8-12-16(3)4;;/h6*15-16H,5-14H2,1-4H3,(H,17,20);;/q;;;;;;+4;+2/p-6. The van der Waals surface area contributed by atoms with Gasteiger partial charge in [-0.05, 0) is 183 Å². The first-order valence-corrected chi connectivity index (χ1v) is 76.0. The van der Waals surface area contributed by atoms with E-state index in [1.165, 1.54) is 261 Å². The second-order valence-corrected chi connectivity index (χ2v) is 76.6. The van der Waals surface area contributed by atoms with Gasteiger partial charge >= 0.3 is 26.5 Å². The summed E-state index contributed by atoms with van der Waals surface area (Å²) in [5, 5.41) is 0. The average Bonchev–Trinajstić information content (AvgIpc) is 0.966. The molecule has 0 rings (SSSR count). The van der Waals surface area contributed by atoms with Crippen LogP contribution in [0.2, 0.25) is 0 Å². The van der Waals surface area contributed by atoms with Gasteiger partial charge < -0.3 is 56.5 Å². The maximum Gasteiger partial charge on any atom is 4.00 e. The Bertz CT molecular complexity index is 2000. The van der Waals surface area contributed by atoms with E-state index in [1.807, 2.05) is 0 Å². The summed E-state index contributed by atoms with van der Waals surface area (Å²) in [6, 6.07) is 0. The molecule has 6 atom stereocenters. The molecule has 4 radical (unpaired) electrons. The third kappa shape index (κ3) is 143. The van der Waals surface area contributed by atoms with Gasteiger partial charge in [-0.3, -0.25) is 0 Å². The monoisotopic (exact) mass is 2230 g/mol. The molecule has 6 unspecified atom stereocenters. The van der Waals surface area contributed by atoms with Gasteiger partial charge in [-0.25, -0.2) is 0 Å². The Labute approximate surface area is 867 Å². The third-order valence-corrected chi connectivity index (χ3v) is 46.3. The SMILES string of the molecule is CC(C)CCCCCOP([O-])(=S)SCCCCCC(C)C.CC(C)CCCCCOP([O-])(=S)SCCCCCC(C)C.CC(C)CCCCCOP([O-])(=S)SCCCCCC(C)C.CC(C)CCCCCOP([O-])(=S)SCCCCCC(C)C.CC(C)CCCCCOP([O-])(=S)SCCCCCC(C)C.CC(C)CCCCCOP([O-])(=S)SCCCCCC(C)C.[Mo+4].[O+2]. The molecular weight excluding hydrogens is 2030 g/mol. The minimum atomic E-state index is -2.83. The molecule has 0 amide bonds. The van der Waals surface area contributed by atoms with Crippen molar-refractivity contribution >= 4 is 173 Å². The van der Waals surface area contributed by atoms with Crippen molar-refractivity contribution in [2.24, 2.45) is 71.0 Å². The van der Waals surface area contributed by atoms with Crippen molar-refractivity contribution in [3.05, 3.63) is 0 Å². The van der Waals surface area contributed by atoms with E-state index in [9.17, 15) is 29.4 Å². The fraction of sp³-hybridized carbons (Fsp3) is 1.00. The van der Waals surface area contributed by atoms with Crippen LogP contribution >= 0.6 is 102 Å². The van der Waals surface area contributed by atoms with Crippen molar-refractivity contribution in [3.8, 4) is 0 Å². The minimum Gasteiger partial charge on any atom is -0.793 e. The first-order valence-electron chi connectivity index (χ1n) is 50.6. The van der Waals surface area contributed by atoms with Crippen LogP contribution < -0.4 is 29.4 Å². The molecule has 0 aromatic heterocycles. The minimum absolute atomic E-state index is 0. The molecule has 0 aliphatic carbocycles. The first kappa shape index (κ1) is 149. The van der Waals surface area contributed by atoms with Gasteiger partial charge in [0.15, 0.2) is 0 Å². The maximum absolute atomic E-state index is 12.1. The molecule has 0 saturated heterocycles. The Morgan fingerprint density at radius 1 is 0.164 bits per heavy atom. The van der Waals surface area contributed by atoms with Gasteiger partial charge in [0.2, 0.25) is 0 Å². The Hall–Kier alpha value is 6.17. The van der Waals surface area contributed by atoms with Crippen molar-refractivity contribution < 1.29 is 83.0 Å². The fourth-order valence-electron chi connectivity index (χ4n) is 12.3. The molecule has 774 valence electrons. The van der Waals surface area contributed by atoms with Crippen molar-refractivity contribution in [1.82, 2.24) is 0 Å². The summed E-state index contributed by atoms with van der Waals surface area (Å²) in [5.41, 5.74) is -17.0. The van der Waals surface area contributed by atoms with Gasteiger partial charge in [-0.1, -0.05) is 468 Å². The average molecular weight is 2230 g/mol. The Morgan fingerprint density at radius 3 is 0.336 bits per heavy atom. The van der Waals surface area contributed by atoms with E-state index in [1.54, 1.807) is 0 Å². The number of unbranched alkanes of at least 4 members (excludes halogenated alkanes) is 24. The second-order valence-electron chi connectivity index (χ2n) is 39.6. The number of hydrogen-bond acceptors (Lipinski definition) is 24. The van der Waals surface area contributed by atoms with E-state index in [-0.39, 0.29) is 26.5 Å². The predicted molar refractivity (Wildman–Crippen MR) is 597 cm³/mol. The van der Waals surface area contributed by atoms with E-state index in [4.69, 9.17) is 98.0 Å². The molecule has 0 aromatic rings. The largest absolute Gasteiger partial charge is 4.00 e. The van der Waals surface area contributed by atoms with Gasteiger partial charge in [-0.2, -0.15) is 0 Å². The van der Waals surface area contributed by atoms with Crippen LogP contribution in [-0.4, -0.2) is 74.2 Å². The summed E-state index contributed by atoms with van der Waals surface area (Å²) in [5.74, 6) is 14.5. The van der Waals surface area contributed by atoms with E-state index >= 15 is 0 Å². The summed E-state index contributed by atoms with van der Waals surface area (Å²) in [4.78, 5) is 72.3. The van der Waals surface area contributed by atoms with E-state index in [2.05, 4.69) is 166 Å². The quantitative estimate of drug-likeness (QED) is 0.0314. The summed E-state index contributed by atoms with van der Waals surface area (Å²) >= 11 is 38.6. The molecule has 0 heterocycles. The van der Waals surface area contributed by atoms with Gasteiger partial charge in [0, 0.05) is 34.2 Å². The van der Waals surface area contributed by atoms with Crippen molar-refractivity contribution in [1.29, 1.82) is 0 Å². The van der Waals surface area contributed by atoms with Crippen molar-refractivity contribution in [2.75, 3.05) is 74.2 Å². The molecule has 0 spiro atoms. The van der Waals surface area contributed by atoms with Crippen LogP contribution in [0.5, 0.6) is 0 Å². The Morgan fingerprint density at radius 2 is 0.250 bits per heavy atom. The zero-order valence-electron chi connectivity index (χ0n) is 86.7. The van der Waals surface area contributed by atoms with Gasteiger partial charge in [-0.15, -0.1) is 68.3 Å². The normalized spacial score (nSPS) is 14.6. The molecular formula is C96H204MoO13P6S12. The van der Waals surface area contributed by atoms with E-state index in [0.29, 0.717) is 39.6 Å². The molecule has 0 N–H and O–H groups in total. The molecule has 0 aliphatic heterocycles. The van der Waals surface area contributed by atoms with E-state index in [0.717, 1.165) is 221 Å². The van der Waals surface area contributed by atoms with Crippen LogP contribution in [0.3, 0.4) is 0 Å². The maximum atomic E-state index is 12.1. The number of rotatable bonds is 84. The van der Waals surface area contributed by atoms with Crippen LogP contribution in [0.1, 0.15) is 474 Å².